The molecule has 3 aromatic rings. The zero-order chi connectivity index (χ0) is 17.2. The van der Waals surface area contributed by atoms with E-state index >= 15 is 0 Å². The summed E-state index contributed by atoms with van der Waals surface area (Å²) in [7, 11) is 0. The van der Waals surface area contributed by atoms with E-state index in [9.17, 15) is 4.79 Å². The molecule has 2 aromatic carbocycles. The molecule has 1 aliphatic heterocycles. The first-order valence-corrected chi connectivity index (χ1v) is 8.32. The number of fused-ring (bicyclic) bond motifs is 1. The highest BCUT2D eigenvalue weighted by molar-refractivity contribution is 6.35. The maximum Gasteiger partial charge on any atom is 0.256 e. The highest BCUT2D eigenvalue weighted by atomic mass is 35.5. The number of H-pyrrole nitrogens is 1. The van der Waals surface area contributed by atoms with Crippen LogP contribution in [0.2, 0.25) is 5.02 Å². The maximum absolute atomic E-state index is 12.4. The number of hydrogen-bond donors (Lipinski definition) is 2. The fraction of sp³-hybridized carbons (Fsp3) is 0. The number of rotatable bonds is 3. The largest absolute Gasteiger partial charge is 0.362 e. The summed E-state index contributed by atoms with van der Waals surface area (Å²) in [6.45, 7) is 0. The molecule has 0 saturated heterocycles. The number of amides is 1. The van der Waals surface area contributed by atoms with Crippen LogP contribution in [-0.4, -0.2) is 10.9 Å². The van der Waals surface area contributed by atoms with Crippen LogP contribution in [0.5, 0.6) is 0 Å². The lowest BCUT2D eigenvalue weighted by Crippen LogP contribution is -2.03. The van der Waals surface area contributed by atoms with Gasteiger partial charge in [-0.1, -0.05) is 54.1 Å². The molecule has 0 saturated carbocycles. The van der Waals surface area contributed by atoms with Gasteiger partial charge in [0.2, 0.25) is 0 Å². The standard InChI is InChI=1S/C21H15ClN2O/c22-18-8-2-1-5-14(18)10-11-15-6-3-9-19-20(15)17(21(25)24-19)13-16-7-4-12-23-16/h1-13,23H,(H,24,25)/b11-10+,17-13?. The van der Waals surface area contributed by atoms with Crippen LogP contribution >= 0.6 is 11.6 Å². The second kappa shape index (κ2) is 6.46. The van der Waals surface area contributed by atoms with Crippen molar-refractivity contribution in [2.24, 2.45) is 0 Å². The summed E-state index contributed by atoms with van der Waals surface area (Å²) >= 11 is 6.22. The van der Waals surface area contributed by atoms with Gasteiger partial charge in [0.05, 0.1) is 5.57 Å². The average Bonchev–Trinajstić information content (AvgIpc) is 3.23. The van der Waals surface area contributed by atoms with Crippen molar-refractivity contribution in [1.82, 2.24) is 4.98 Å². The molecule has 0 bridgehead atoms. The van der Waals surface area contributed by atoms with Gasteiger partial charge in [0.1, 0.15) is 0 Å². The van der Waals surface area contributed by atoms with Crippen LogP contribution in [0.4, 0.5) is 5.69 Å². The molecule has 0 fully saturated rings. The monoisotopic (exact) mass is 346 g/mol. The Morgan fingerprint density at radius 1 is 0.880 bits per heavy atom. The van der Waals surface area contributed by atoms with E-state index in [2.05, 4.69) is 10.3 Å². The molecule has 122 valence electrons. The molecule has 2 N–H and O–H groups in total. The lowest BCUT2D eigenvalue weighted by atomic mass is 9.98. The van der Waals surface area contributed by atoms with E-state index in [4.69, 9.17) is 11.6 Å². The molecule has 1 amide bonds. The minimum absolute atomic E-state index is 0.0943. The molecule has 1 aliphatic rings. The number of nitrogens with one attached hydrogen (secondary N) is 2. The third-order valence-corrected chi connectivity index (χ3v) is 4.47. The van der Waals surface area contributed by atoms with Crippen molar-refractivity contribution in [3.05, 3.63) is 88.2 Å². The van der Waals surface area contributed by atoms with E-state index in [0.29, 0.717) is 10.6 Å². The summed E-state index contributed by atoms with van der Waals surface area (Å²) in [5.41, 5.74) is 5.18. The Morgan fingerprint density at radius 2 is 1.68 bits per heavy atom. The lowest BCUT2D eigenvalue weighted by Gasteiger charge is -2.04. The van der Waals surface area contributed by atoms with Crippen LogP contribution in [0.15, 0.2) is 60.8 Å². The van der Waals surface area contributed by atoms with E-state index in [-0.39, 0.29) is 5.91 Å². The smallest absolute Gasteiger partial charge is 0.256 e. The number of halogens is 1. The maximum atomic E-state index is 12.4. The van der Waals surface area contributed by atoms with Crippen molar-refractivity contribution in [2.45, 2.75) is 0 Å². The zero-order valence-electron chi connectivity index (χ0n) is 13.3. The first-order valence-electron chi connectivity index (χ1n) is 7.95. The third-order valence-electron chi connectivity index (χ3n) is 4.13. The zero-order valence-corrected chi connectivity index (χ0v) is 14.0. The van der Waals surface area contributed by atoms with Gasteiger partial charge in [-0.25, -0.2) is 0 Å². The van der Waals surface area contributed by atoms with Crippen molar-refractivity contribution in [1.29, 1.82) is 0 Å². The van der Waals surface area contributed by atoms with E-state index in [1.807, 2.05) is 79.0 Å². The highest BCUT2D eigenvalue weighted by Crippen LogP contribution is 2.36. The minimum atomic E-state index is -0.0943. The summed E-state index contributed by atoms with van der Waals surface area (Å²) < 4.78 is 0. The minimum Gasteiger partial charge on any atom is -0.362 e. The van der Waals surface area contributed by atoms with Gasteiger partial charge in [0.15, 0.2) is 0 Å². The quantitative estimate of drug-likeness (QED) is 0.488. The number of aromatic amines is 1. The van der Waals surface area contributed by atoms with Crippen LogP contribution in [0.1, 0.15) is 22.4 Å². The number of carbonyl (C=O) groups is 1. The topological polar surface area (TPSA) is 44.9 Å². The molecule has 0 radical (unpaired) electrons. The van der Waals surface area contributed by atoms with Crippen molar-refractivity contribution < 1.29 is 4.79 Å². The highest BCUT2D eigenvalue weighted by Gasteiger charge is 2.26. The number of aromatic nitrogens is 1. The molecular weight excluding hydrogens is 332 g/mol. The van der Waals surface area contributed by atoms with Crippen molar-refractivity contribution in [2.75, 3.05) is 5.32 Å². The SMILES string of the molecule is O=C1Nc2cccc(/C=C/c3ccccc3Cl)c2C1=Cc1ccc[nH]1. The molecule has 0 atom stereocenters. The van der Waals surface area contributed by atoms with Gasteiger partial charge in [-0.05, 0) is 41.5 Å². The molecule has 1 aromatic heterocycles. The second-order valence-corrected chi connectivity index (χ2v) is 6.17. The molecule has 2 heterocycles. The van der Waals surface area contributed by atoms with Crippen molar-refractivity contribution >= 4 is 47.0 Å². The van der Waals surface area contributed by atoms with Gasteiger partial charge in [-0.2, -0.15) is 0 Å². The molecule has 3 nitrogen and oxygen atoms in total. The van der Waals surface area contributed by atoms with Gasteiger partial charge in [-0.3, -0.25) is 4.79 Å². The molecule has 25 heavy (non-hydrogen) atoms. The number of hydrogen-bond acceptors (Lipinski definition) is 1. The predicted octanol–water partition coefficient (Wildman–Crippen LogP) is 5.33. The van der Waals surface area contributed by atoms with Crippen LogP contribution < -0.4 is 5.32 Å². The first-order chi connectivity index (χ1) is 12.2. The Kier molecular flexibility index (Phi) is 4.00. The fourth-order valence-corrected chi connectivity index (χ4v) is 3.13. The Hall–Kier alpha value is -3.04. The van der Waals surface area contributed by atoms with Gasteiger partial charge >= 0.3 is 0 Å². The van der Waals surface area contributed by atoms with Crippen LogP contribution in [-0.2, 0) is 4.79 Å². The molecule has 0 spiro atoms. The Bertz CT molecular complexity index is 1000. The molecular formula is C21H15ClN2O. The Labute approximate surface area is 150 Å². The summed E-state index contributed by atoms with van der Waals surface area (Å²) in [4.78, 5) is 15.5. The number of benzene rings is 2. The fourth-order valence-electron chi connectivity index (χ4n) is 2.93. The van der Waals surface area contributed by atoms with Crippen molar-refractivity contribution in [3.63, 3.8) is 0 Å². The Balaban J connectivity index is 1.78. The average molecular weight is 347 g/mol. The van der Waals surface area contributed by atoms with E-state index in [1.54, 1.807) is 0 Å². The summed E-state index contributed by atoms with van der Waals surface area (Å²) in [5, 5.41) is 3.63. The van der Waals surface area contributed by atoms with Gasteiger partial charge in [0.25, 0.3) is 5.91 Å². The molecule has 0 aliphatic carbocycles. The van der Waals surface area contributed by atoms with Crippen molar-refractivity contribution in [3.8, 4) is 0 Å². The lowest BCUT2D eigenvalue weighted by molar-refractivity contribution is -0.110. The van der Waals surface area contributed by atoms with Crippen LogP contribution in [0, 0.1) is 0 Å². The summed E-state index contributed by atoms with van der Waals surface area (Å²) in [6.07, 6.45) is 7.66. The van der Waals surface area contributed by atoms with Crippen LogP contribution in [0.3, 0.4) is 0 Å². The van der Waals surface area contributed by atoms with E-state index < -0.39 is 0 Å². The third kappa shape index (κ3) is 3.02. The van der Waals surface area contributed by atoms with Gasteiger partial charge in [-0.15, -0.1) is 0 Å². The Morgan fingerprint density at radius 3 is 2.48 bits per heavy atom. The normalized spacial score (nSPS) is 14.9. The van der Waals surface area contributed by atoms with E-state index in [1.165, 1.54) is 0 Å². The van der Waals surface area contributed by atoms with Crippen LogP contribution in [0.25, 0.3) is 23.8 Å². The van der Waals surface area contributed by atoms with Gasteiger partial charge in [0, 0.05) is 28.2 Å². The van der Waals surface area contributed by atoms with E-state index in [0.717, 1.165) is 28.1 Å². The summed E-state index contributed by atoms with van der Waals surface area (Å²) in [6, 6.07) is 17.3. The molecule has 0 unspecified atom stereocenters. The first kappa shape index (κ1) is 15.5. The second-order valence-electron chi connectivity index (χ2n) is 5.76. The molecule has 4 heteroatoms. The molecule has 4 rings (SSSR count). The summed E-state index contributed by atoms with van der Waals surface area (Å²) in [5.74, 6) is -0.0943. The van der Waals surface area contributed by atoms with Gasteiger partial charge < -0.3 is 10.3 Å². The number of anilines is 1. The predicted molar refractivity (Wildman–Crippen MR) is 104 cm³/mol. The number of carbonyl (C=O) groups excluding carboxylic acids is 1.